The van der Waals surface area contributed by atoms with Crippen LogP contribution in [0.3, 0.4) is 0 Å². The molecule has 1 aliphatic rings. The third-order valence-corrected chi connectivity index (χ3v) is 7.64. The first-order valence-corrected chi connectivity index (χ1v) is 13.1. The highest BCUT2D eigenvalue weighted by Gasteiger charge is 2.30. The predicted molar refractivity (Wildman–Crippen MR) is 150 cm³/mol. The SMILES string of the molecule is COc1cc(C=C2SC(=Nc3ccc(C(=O)O)cc3)N(C)C2=O)c(Br)cc1OCc1ccc(Cl)cc1Cl. The maximum Gasteiger partial charge on any atom is 0.335 e. The van der Waals surface area contributed by atoms with Crippen LogP contribution in [0, 0.1) is 0 Å². The molecule has 1 amide bonds. The third kappa shape index (κ3) is 6.30. The summed E-state index contributed by atoms with van der Waals surface area (Å²) in [6.07, 6.45) is 1.74. The Morgan fingerprint density at radius 3 is 2.51 bits per heavy atom. The van der Waals surface area contributed by atoms with E-state index in [2.05, 4.69) is 20.9 Å². The highest BCUT2D eigenvalue weighted by molar-refractivity contribution is 9.10. The summed E-state index contributed by atoms with van der Waals surface area (Å²) in [6, 6.07) is 14.8. The third-order valence-electron chi connectivity index (χ3n) is 5.31. The summed E-state index contributed by atoms with van der Waals surface area (Å²) in [5, 5.41) is 10.6. The van der Waals surface area contributed by atoms with Gasteiger partial charge in [0.15, 0.2) is 16.7 Å². The van der Waals surface area contributed by atoms with Gasteiger partial charge in [-0.1, -0.05) is 45.2 Å². The Morgan fingerprint density at radius 2 is 1.86 bits per heavy atom. The van der Waals surface area contributed by atoms with E-state index < -0.39 is 5.97 Å². The molecule has 1 saturated heterocycles. The molecule has 0 atom stereocenters. The number of carbonyl (C=O) groups is 2. The van der Waals surface area contributed by atoms with Gasteiger partial charge in [-0.05, 0) is 71.9 Å². The molecule has 0 spiro atoms. The number of carboxylic acid groups (broad SMARTS) is 1. The van der Waals surface area contributed by atoms with Crippen LogP contribution in [0.2, 0.25) is 10.0 Å². The van der Waals surface area contributed by atoms with Crippen LogP contribution in [0.25, 0.3) is 6.08 Å². The van der Waals surface area contributed by atoms with E-state index in [1.807, 2.05) is 0 Å². The molecule has 0 radical (unpaired) electrons. The Balaban J connectivity index is 1.56. The number of likely N-dealkylation sites (N-methyl/N-ethyl adjacent to an activating group) is 1. The molecule has 37 heavy (non-hydrogen) atoms. The molecule has 7 nitrogen and oxygen atoms in total. The molecule has 4 rings (SSSR count). The summed E-state index contributed by atoms with van der Waals surface area (Å²) in [7, 11) is 3.17. The van der Waals surface area contributed by atoms with E-state index in [0.29, 0.717) is 47.3 Å². The average Bonchev–Trinajstić information content (AvgIpc) is 3.12. The van der Waals surface area contributed by atoms with Crippen molar-refractivity contribution in [1.82, 2.24) is 4.90 Å². The summed E-state index contributed by atoms with van der Waals surface area (Å²) in [5.74, 6) is -0.249. The number of thioether (sulfide) groups is 1. The molecule has 3 aromatic rings. The molecule has 11 heteroatoms. The van der Waals surface area contributed by atoms with Gasteiger partial charge in [-0.2, -0.15) is 0 Å². The van der Waals surface area contributed by atoms with E-state index in [1.165, 1.54) is 35.9 Å². The van der Waals surface area contributed by atoms with Crippen molar-refractivity contribution in [2.24, 2.45) is 4.99 Å². The van der Waals surface area contributed by atoms with Crippen molar-refractivity contribution in [2.45, 2.75) is 6.61 Å². The molecule has 0 saturated carbocycles. The number of hydrogen-bond acceptors (Lipinski definition) is 6. The van der Waals surface area contributed by atoms with Gasteiger partial charge in [-0.25, -0.2) is 9.79 Å². The van der Waals surface area contributed by atoms with E-state index in [4.69, 9.17) is 37.8 Å². The number of aromatic carboxylic acids is 1. The normalized spacial score (nSPS) is 15.5. The maximum absolute atomic E-state index is 12.9. The second-order valence-electron chi connectivity index (χ2n) is 7.77. The van der Waals surface area contributed by atoms with Gasteiger partial charge in [-0.15, -0.1) is 0 Å². The minimum Gasteiger partial charge on any atom is -0.493 e. The quantitative estimate of drug-likeness (QED) is 0.279. The lowest BCUT2D eigenvalue weighted by molar-refractivity contribution is -0.121. The Bertz CT molecular complexity index is 1440. The Kier molecular flexibility index (Phi) is 8.49. The lowest BCUT2D eigenvalue weighted by Crippen LogP contribution is -2.23. The van der Waals surface area contributed by atoms with E-state index in [0.717, 1.165) is 5.56 Å². The van der Waals surface area contributed by atoms with E-state index in [-0.39, 0.29) is 18.1 Å². The number of ether oxygens (including phenoxy) is 2. The van der Waals surface area contributed by atoms with E-state index >= 15 is 0 Å². The zero-order valence-electron chi connectivity index (χ0n) is 19.5. The Hall–Kier alpha value is -2.98. The first kappa shape index (κ1) is 27.1. The minimum absolute atomic E-state index is 0.163. The van der Waals surface area contributed by atoms with Gasteiger partial charge in [0, 0.05) is 27.1 Å². The number of aliphatic imine (C=N–C) groups is 1. The molecular formula is C26H19BrCl2N2O5S. The van der Waals surface area contributed by atoms with Crippen molar-refractivity contribution in [2.75, 3.05) is 14.2 Å². The van der Waals surface area contributed by atoms with Crippen LogP contribution in [0.1, 0.15) is 21.5 Å². The number of nitrogens with zero attached hydrogens (tertiary/aromatic N) is 2. The smallest absolute Gasteiger partial charge is 0.335 e. The second kappa shape index (κ2) is 11.6. The molecule has 190 valence electrons. The number of methoxy groups -OCH3 is 1. The monoisotopic (exact) mass is 620 g/mol. The lowest BCUT2D eigenvalue weighted by atomic mass is 10.1. The van der Waals surface area contributed by atoms with Crippen LogP contribution in [0.5, 0.6) is 11.5 Å². The molecule has 1 N–H and O–H groups in total. The van der Waals surface area contributed by atoms with Gasteiger partial charge in [-0.3, -0.25) is 9.69 Å². The van der Waals surface area contributed by atoms with Crippen LogP contribution in [-0.4, -0.2) is 41.2 Å². The fourth-order valence-electron chi connectivity index (χ4n) is 3.31. The number of amidine groups is 1. The van der Waals surface area contributed by atoms with Crippen LogP contribution in [0.4, 0.5) is 5.69 Å². The molecule has 3 aromatic carbocycles. The van der Waals surface area contributed by atoms with Crippen molar-refractivity contribution in [3.63, 3.8) is 0 Å². The molecule has 0 aliphatic carbocycles. The van der Waals surface area contributed by atoms with Crippen molar-refractivity contribution in [3.8, 4) is 11.5 Å². The van der Waals surface area contributed by atoms with Gasteiger partial charge < -0.3 is 14.6 Å². The lowest BCUT2D eigenvalue weighted by Gasteiger charge is -2.14. The van der Waals surface area contributed by atoms with Crippen LogP contribution < -0.4 is 9.47 Å². The maximum atomic E-state index is 12.9. The molecule has 0 aromatic heterocycles. The number of carboxylic acids is 1. The van der Waals surface area contributed by atoms with Gasteiger partial charge in [0.05, 0.1) is 23.3 Å². The van der Waals surface area contributed by atoms with Crippen LogP contribution in [0.15, 0.2) is 69.0 Å². The standard InChI is InChI=1S/C26H19BrCl2N2O5S/c1-31-24(32)23(37-26(31)30-18-7-4-14(5-8-18)25(33)34)10-16-9-21(35-2)22(12-19(16)27)36-13-15-3-6-17(28)11-20(15)29/h3-12H,13H2,1-2H3,(H,33,34). The van der Waals surface area contributed by atoms with Gasteiger partial charge in [0.1, 0.15) is 6.61 Å². The van der Waals surface area contributed by atoms with Gasteiger partial charge in [0.2, 0.25) is 0 Å². The highest BCUT2D eigenvalue weighted by Crippen LogP contribution is 2.39. The molecule has 0 bridgehead atoms. The van der Waals surface area contributed by atoms with E-state index in [9.17, 15) is 9.59 Å². The topological polar surface area (TPSA) is 88.4 Å². The number of benzene rings is 3. The highest BCUT2D eigenvalue weighted by atomic mass is 79.9. The van der Waals surface area contributed by atoms with Crippen molar-refractivity contribution >= 4 is 79.7 Å². The Morgan fingerprint density at radius 1 is 1.14 bits per heavy atom. The first-order valence-electron chi connectivity index (χ1n) is 10.7. The van der Waals surface area contributed by atoms with Crippen LogP contribution in [-0.2, 0) is 11.4 Å². The predicted octanol–water partition coefficient (Wildman–Crippen LogP) is 7.28. The fraction of sp³-hybridized carbons (Fsp3) is 0.115. The van der Waals surface area contributed by atoms with Gasteiger partial charge >= 0.3 is 5.97 Å². The van der Waals surface area contributed by atoms with E-state index in [1.54, 1.807) is 55.6 Å². The molecule has 0 unspecified atom stereocenters. The molecule has 1 heterocycles. The molecular weight excluding hydrogens is 603 g/mol. The summed E-state index contributed by atoms with van der Waals surface area (Å²) in [6.45, 7) is 0.214. The summed E-state index contributed by atoms with van der Waals surface area (Å²) in [5.41, 5.74) is 2.19. The summed E-state index contributed by atoms with van der Waals surface area (Å²) < 4.78 is 12.2. The minimum atomic E-state index is -1.02. The zero-order chi connectivity index (χ0) is 26.7. The Labute approximate surface area is 235 Å². The summed E-state index contributed by atoms with van der Waals surface area (Å²) >= 11 is 17.0. The van der Waals surface area contributed by atoms with Crippen molar-refractivity contribution in [3.05, 3.63) is 90.7 Å². The number of halogens is 3. The largest absolute Gasteiger partial charge is 0.493 e. The fourth-order valence-corrected chi connectivity index (χ4v) is 5.19. The van der Waals surface area contributed by atoms with Crippen molar-refractivity contribution < 1.29 is 24.2 Å². The number of rotatable bonds is 7. The zero-order valence-corrected chi connectivity index (χ0v) is 23.4. The number of carbonyl (C=O) groups excluding carboxylic acids is 1. The second-order valence-corrected chi connectivity index (χ2v) is 10.5. The number of amides is 1. The number of hydrogen-bond donors (Lipinski definition) is 1. The van der Waals surface area contributed by atoms with Gasteiger partial charge in [0.25, 0.3) is 5.91 Å². The van der Waals surface area contributed by atoms with Crippen LogP contribution >= 0.6 is 50.9 Å². The molecule has 1 fully saturated rings. The average molecular weight is 622 g/mol. The molecule has 1 aliphatic heterocycles. The first-order chi connectivity index (χ1) is 17.7. The summed E-state index contributed by atoms with van der Waals surface area (Å²) in [4.78, 5) is 30.3. The van der Waals surface area contributed by atoms with Crippen molar-refractivity contribution in [1.29, 1.82) is 0 Å².